The lowest BCUT2D eigenvalue weighted by Gasteiger charge is -2.33. The number of nitrogens with zero attached hydrogens (tertiary/aromatic N) is 1. The van der Waals surface area contributed by atoms with Crippen LogP contribution in [0.3, 0.4) is 0 Å². The fourth-order valence-corrected chi connectivity index (χ4v) is 3.11. The number of carbonyl (C=O) groups is 1. The quantitative estimate of drug-likeness (QED) is 0.853. The van der Waals surface area contributed by atoms with E-state index in [0.29, 0.717) is 5.75 Å². The molecule has 26 heavy (non-hydrogen) atoms. The van der Waals surface area contributed by atoms with E-state index >= 15 is 0 Å². The molecule has 1 saturated heterocycles. The molecule has 0 unspecified atom stereocenters. The molecule has 0 spiro atoms. The Kier molecular flexibility index (Phi) is 6.00. The standard InChI is InChI=1S/C21H26N2O3/c1-16-11-13-23(14-12-16)20-6-4-3-5-19(20)22-21(24)15-26-18-9-7-17(25-2)8-10-18/h3-10,16H,11-15H2,1-2H3,(H,22,24). The third-order valence-corrected chi connectivity index (χ3v) is 4.73. The van der Waals surface area contributed by atoms with Gasteiger partial charge in [-0.05, 0) is 55.2 Å². The van der Waals surface area contributed by atoms with Crippen LogP contribution in [0, 0.1) is 5.92 Å². The summed E-state index contributed by atoms with van der Waals surface area (Å²) in [5.41, 5.74) is 1.92. The Hall–Kier alpha value is -2.69. The van der Waals surface area contributed by atoms with Gasteiger partial charge in [0, 0.05) is 13.1 Å². The maximum atomic E-state index is 12.3. The van der Waals surface area contributed by atoms with E-state index in [4.69, 9.17) is 9.47 Å². The molecule has 0 atom stereocenters. The number of rotatable bonds is 6. The normalized spacial score (nSPS) is 14.8. The van der Waals surface area contributed by atoms with Gasteiger partial charge in [0.05, 0.1) is 18.5 Å². The lowest BCUT2D eigenvalue weighted by atomic mass is 9.98. The van der Waals surface area contributed by atoms with E-state index < -0.39 is 0 Å². The lowest BCUT2D eigenvalue weighted by Crippen LogP contribution is -2.33. The first-order chi connectivity index (χ1) is 12.7. The summed E-state index contributed by atoms with van der Waals surface area (Å²) in [6.07, 6.45) is 2.37. The van der Waals surface area contributed by atoms with Crippen LogP contribution in [0.25, 0.3) is 0 Å². The summed E-state index contributed by atoms with van der Waals surface area (Å²) < 4.78 is 10.7. The maximum absolute atomic E-state index is 12.3. The number of hydrogen-bond donors (Lipinski definition) is 1. The van der Waals surface area contributed by atoms with E-state index in [9.17, 15) is 4.79 Å². The highest BCUT2D eigenvalue weighted by Crippen LogP contribution is 2.29. The Morgan fingerprint density at radius 3 is 2.42 bits per heavy atom. The molecule has 1 N–H and O–H groups in total. The maximum Gasteiger partial charge on any atom is 0.262 e. The first-order valence-electron chi connectivity index (χ1n) is 9.06. The summed E-state index contributed by atoms with van der Waals surface area (Å²) in [5, 5.41) is 2.98. The largest absolute Gasteiger partial charge is 0.497 e. The predicted molar refractivity (Wildman–Crippen MR) is 104 cm³/mol. The van der Waals surface area contributed by atoms with Crippen LogP contribution in [-0.4, -0.2) is 32.7 Å². The molecular formula is C21H26N2O3. The molecule has 0 aromatic heterocycles. The van der Waals surface area contributed by atoms with E-state index in [-0.39, 0.29) is 12.5 Å². The van der Waals surface area contributed by atoms with Gasteiger partial charge in [-0.1, -0.05) is 19.1 Å². The van der Waals surface area contributed by atoms with Gasteiger partial charge in [0.2, 0.25) is 0 Å². The van der Waals surface area contributed by atoms with Gasteiger partial charge in [-0.25, -0.2) is 0 Å². The van der Waals surface area contributed by atoms with Crippen LogP contribution in [0.4, 0.5) is 11.4 Å². The molecule has 3 rings (SSSR count). The zero-order valence-electron chi connectivity index (χ0n) is 15.4. The molecule has 1 aliphatic heterocycles. The number of ether oxygens (including phenoxy) is 2. The predicted octanol–water partition coefficient (Wildman–Crippen LogP) is 3.95. The molecule has 0 bridgehead atoms. The molecule has 1 amide bonds. The van der Waals surface area contributed by atoms with Crippen molar-refractivity contribution in [2.45, 2.75) is 19.8 Å². The summed E-state index contributed by atoms with van der Waals surface area (Å²) in [6.45, 7) is 4.31. The summed E-state index contributed by atoms with van der Waals surface area (Å²) >= 11 is 0. The summed E-state index contributed by atoms with van der Waals surface area (Å²) in [7, 11) is 1.61. The number of piperidine rings is 1. The summed E-state index contributed by atoms with van der Waals surface area (Å²) in [4.78, 5) is 14.7. The minimum atomic E-state index is -0.168. The smallest absolute Gasteiger partial charge is 0.262 e. The van der Waals surface area contributed by atoms with Gasteiger partial charge >= 0.3 is 0 Å². The third kappa shape index (κ3) is 4.69. The third-order valence-electron chi connectivity index (χ3n) is 4.73. The Bertz CT molecular complexity index is 722. The molecule has 2 aromatic rings. The van der Waals surface area contributed by atoms with Crippen molar-refractivity contribution in [2.24, 2.45) is 5.92 Å². The summed E-state index contributed by atoms with van der Waals surface area (Å²) in [6, 6.07) is 15.1. The van der Waals surface area contributed by atoms with Crippen LogP contribution in [0.2, 0.25) is 0 Å². The second-order valence-corrected chi connectivity index (χ2v) is 6.70. The van der Waals surface area contributed by atoms with Gasteiger partial charge in [0.25, 0.3) is 5.91 Å². The van der Waals surface area contributed by atoms with Gasteiger partial charge in [0.1, 0.15) is 11.5 Å². The average molecular weight is 354 g/mol. The zero-order chi connectivity index (χ0) is 18.4. The molecule has 1 aliphatic rings. The van der Waals surface area contributed by atoms with Crippen LogP contribution in [0.1, 0.15) is 19.8 Å². The zero-order valence-corrected chi connectivity index (χ0v) is 15.4. The highest BCUT2D eigenvalue weighted by Gasteiger charge is 2.18. The van der Waals surface area contributed by atoms with Crippen molar-refractivity contribution in [1.29, 1.82) is 0 Å². The van der Waals surface area contributed by atoms with Crippen molar-refractivity contribution < 1.29 is 14.3 Å². The van der Waals surface area contributed by atoms with Crippen LogP contribution in [0.15, 0.2) is 48.5 Å². The van der Waals surface area contributed by atoms with E-state index in [1.807, 2.05) is 18.2 Å². The van der Waals surface area contributed by atoms with Crippen molar-refractivity contribution in [2.75, 3.05) is 37.0 Å². The minimum absolute atomic E-state index is 0.0301. The number of amides is 1. The van der Waals surface area contributed by atoms with E-state index in [2.05, 4.69) is 23.2 Å². The van der Waals surface area contributed by atoms with Gasteiger partial charge < -0.3 is 19.7 Å². The van der Waals surface area contributed by atoms with Crippen LogP contribution in [0.5, 0.6) is 11.5 Å². The highest BCUT2D eigenvalue weighted by atomic mass is 16.5. The van der Waals surface area contributed by atoms with Crippen LogP contribution in [-0.2, 0) is 4.79 Å². The van der Waals surface area contributed by atoms with Crippen molar-refractivity contribution in [3.05, 3.63) is 48.5 Å². The lowest BCUT2D eigenvalue weighted by molar-refractivity contribution is -0.118. The first kappa shape index (κ1) is 18.1. The monoisotopic (exact) mass is 354 g/mol. The van der Waals surface area contributed by atoms with Crippen LogP contribution < -0.4 is 19.7 Å². The fraction of sp³-hybridized carbons (Fsp3) is 0.381. The van der Waals surface area contributed by atoms with Gasteiger partial charge in [-0.2, -0.15) is 0 Å². The van der Waals surface area contributed by atoms with E-state index in [1.165, 1.54) is 12.8 Å². The molecule has 5 heteroatoms. The van der Waals surface area contributed by atoms with Crippen molar-refractivity contribution in [3.63, 3.8) is 0 Å². The molecule has 2 aromatic carbocycles. The Morgan fingerprint density at radius 2 is 1.73 bits per heavy atom. The first-order valence-corrected chi connectivity index (χ1v) is 9.06. The molecule has 138 valence electrons. The average Bonchev–Trinajstić information content (AvgIpc) is 2.68. The topological polar surface area (TPSA) is 50.8 Å². The fourth-order valence-electron chi connectivity index (χ4n) is 3.11. The second-order valence-electron chi connectivity index (χ2n) is 6.70. The van der Waals surface area contributed by atoms with Crippen molar-refractivity contribution in [1.82, 2.24) is 0 Å². The molecule has 5 nitrogen and oxygen atoms in total. The molecule has 1 heterocycles. The van der Waals surface area contributed by atoms with Gasteiger partial charge in [-0.15, -0.1) is 0 Å². The van der Waals surface area contributed by atoms with Crippen molar-refractivity contribution in [3.8, 4) is 11.5 Å². The molecule has 0 radical (unpaired) electrons. The van der Waals surface area contributed by atoms with Gasteiger partial charge in [0.15, 0.2) is 6.61 Å². The number of carbonyl (C=O) groups excluding carboxylic acids is 1. The SMILES string of the molecule is COc1ccc(OCC(=O)Nc2ccccc2N2CCC(C)CC2)cc1. The minimum Gasteiger partial charge on any atom is -0.497 e. The Balaban J connectivity index is 1.58. The Labute approximate surface area is 154 Å². The Morgan fingerprint density at radius 1 is 1.08 bits per heavy atom. The van der Waals surface area contributed by atoms with Crippen LogP contribution >= 0.6 is 0 Å². The van der Waals surface area contributed by atoms with E-state index in [1.54, 1.807) is 31.4 Å². The van der Waals surface area contributed by atoms with E-state index in [0.717, 1.165) is 36.1 Å². The summed E-state index contributed by atoms with van der Waals surface area (Å²) in [5.74, 6) is 2.00. The number of nitrogens with one attached hydrogen (secondary N) is 1. The number of methoxy groups -OCH3 is 1. The molecule has 1 fully saturated rings. The molecular weight excluding hydrogens is 328 g/mol. The number of hydrogen-bond acceptors (Lipinski definition) is 4. The van der Waals surface area contributed by atoms with Crippen molar-refractivity contribution >= 4 is 17.3 Å². The van der Waals surface area contributed by atoms with Gasteiger partial charge in [-0.3, -0.25) is 4.79 Å². The molecule has 0 aliphatic carbocycles. The number of para-hydroxylation sites is 2. The number of anilines is 2. The second kappa shape index (κ2) is 8.61. The number of benzene rings is 2. The highest BCUT2D eigenvalue weighted by molar-refractivity contribution is 5.95. The molecule has 0 saturated carbocycles.